The molecule has 0 fully saturated rings. The molecular formula is C31H41N5O4S. The molecule has 0 aliphatic carbocycles. The number of aryl methyl sites for hydroxylation is 1. The third-order valence-electron chi connectivity index (χ3n) is 6.98. The second kappa shape index (κ2) is 13.0. The van der Waals surface area contributed by atoms with E-state index in [-0.39, 0.29) is 18.1 Å². The molecule has 3 aromatic heterocycles. The van der Waals surface area contributed by atoms with Crippen LogP contribution in [0.25, 0.3) is 27.6 Å². The van der Waals surface area contributed by atoms with Crippen LogP contribution in [0, 0.1) is 0 Å². The summed E-state index contributed by atoms with van der Waals surface area (Å²) in [6.45, 7) is 13.5. The minimum absolute atomic E-state index is 0.140. The quantitative estimate of drug-likeness (QED) is 0.126. The normalized spacial score (nSPS) is 12.4. The Kier molecular flexibility index (Phi) is 9.68. The van der Waals surface area contributed by atoms with Crippen LogP contribution in [0.2, 0.25) is 0 Å². The Bertz CT molecular complexity index is 1640. The molecule has 0 saturated carbocycles. The van der Waals surface area contributed by atoms with Crippen LogP contribution in [0.15, 0.2) is 46.8 Å². The number of imidazole rings is 2. The van der Waals surface area contributed by atoms with E-state index in [1.807, 2.05) is 42.7 Å². The number of aliphatic hydroxyl groups is 1. The number of fused-ring (bicyclic) bond motifs is 2. The molecule has 220 valence electrons. The zero-order valence-electron chi connectivity index (χ0n) is 24.8. The maximum atomic E-state index is 13.4. The van der Waals surface area contributed by atoms with Gasteiger partial charge >= 0.3 is 5.69 Å². The van der Waals surface area contributed by atoms with E-state index in [9.17, 15) is 14.7 Å². The first-order valence-corrected chi connectivity index (χ1v) is 15.1. The van der Waals surface area contributed by atoms with Crippen LogP contribution in [0.4, 0.5) is 5.95 Å². The van der Waals surface area contributed by atoms with Gasteiger partial charge in [-0.3, -0.25) is 14.7 Å². The first-order valence-electron chi connectivity index (χ1n) is 14.3. The molecule has 0 spiro atoms. The zero-order valence-corrected chi connectivity index (χ0v) is 25.7. The van der Waals surface area contributed by atoms with Crippen LogP contribution in [0.3, 0.4) is 0 Å². The minimum Gasteiger partial charge on any atom is -0.389 e. The van der Waals surface area contributed by atoms with E-state index in [1.54, 1.807) is 13.8 Å². The van der Waals surface area contributed by atoms with Gasteiger partial charge < -0.3 is 19.4 Å². The highest BCUT2D eigenvalue weighted by Gasteiger charge is 2.21. The molecule has 0 radical (unpaired) electrons. The van der Waals surface area contributed by atoms with Crippen molar-refractivity contribution in [2.24, 2.45) is 0 Å². The number of aromatic amines is 1. The van der Waals surface area contributed by atoms with Crippen LogP contribution in [-0.2, 0) is 17.8 Å². The fraction of sp³-hybridized carbons (Fsp3) is 0.452. The third kappa shape index (κ3) is 7.06. The largest absolute Gasteiger partial charge is 0.389 e. The summed E-state index contributed by atoms with van der Waals surface area (Å²) in [6.07, 6.45) is 7.00. The average molecular weight is 580 g/mol. The standard InChI is InChI=1S/C31H41N5O4S/c1-7-20(8-2)16-21(9-3)26-12-13-27(41-26)28(37)34-29-32-22-17-23-25(36(30(38)33-23)19-31(5,6)39)18-24(22)35(29)14-11-15-40-10-4/h9,12-13,16-18,39H,7-8,10-11,14-15,19H2,1-6H3,(H,33,38)(H,32,34,37). The summed E-state index contributed by atoms with van der Waals surface area (Å²) in [6, 6.07) is 7.55. The number of ether oxygens (including phenoxy) is 1. The summed E-state index contributed by atoms with van der Waals surface area (Å²) >= 11 is 1.46. The molecule has 41 heavy (non-hydrogen) atoms. The second-order valence-corrected chi connectivity index (χ2v) is 11.8. The topological polar surface area (TPSA) is 114 Å². The highest BCUT2D eigenvalue weighted by atomic mass is 32.1. The molecule has 4 rings (SSSR count). The number of H-pyrrole nitrogens is 1. The van der Waals surface area contributed by atoms with Crippen molar-refractivity contribution in [3.05, 3.63) is 62.2 Å². The number of thiophene rings is 1. The van der Waals surface area contributed by atoms with Gasteiger partial charge in [-0.05, 0) is 76.8 Å². The van der Waals surface area contributed by atoms with Crippen molar-refractivity contribution in [1.82, 2.24) is 19.1 Å². The predicted octanol–water partition coefficient (Wildman–Crippen LogP) is 6.34. The molecule has 0 aliphatic rings. The molecule has 3 N–H and O–H groups in total. The maximum Gasteiger partial charge on any atom is 0.326 e. The Labute approximate surface area is 244 Å². The van der Waals surface area contributed by atoms with Gasteiger partial charge in [0, 0.05) is 24.6 Å². The van der Waals surface area contributed by atoms with E-state index in [0.717, 1.165) is 35.2 Å². The lowest BCUT2D eigenvalue weighted by atomic mass is 10.1. The summed E-state index contributed by atoms with van der Waals surface area (Å²) in [4.78, 5) is 35.4. The zero-order chi connectivity index (χ0) is 29.7. The van der Waals surface area contributed by atoms with Gasteiger partial charge in [-0.25, -0.2) is 9.78 Å². The lowest BCUT2D eigenvalue weighted by Crippen LogP contribution is -2.31. The second-order valence-electron chi connectivity index (χ2n) is 10.7. The summed E-state index contributed by atoms with van der Waals surface area (Å²) in [5.74, 6) is 0.212. The van der Waals surface area contributed by atoms with Gasteiger partial charge in [0.1, 0.15) is 0 Å². The molecule has 3 heterocycles. The Morgan fingerprint density at radius 3 is 2.54 bits per heavy atom. The molecule has 0 atom stereocenters. The number of hydrogen-bond acceptors (Lipinski definition) is 6. The number of allylic oxidation sites excluding steroid dienone is 4. The van der Waals surface area contributed by atoms with Crippen molar-refractivity contribution in [3.8, 4) is 0 Å². The Morgan fingerprint density at radius 2 is 1.88 bits per heavy atom. The average Bonchev–Trinajstić information content (AvgIpc) is 3.62. The molecule has 1 amide bonds. The van der Waals surface area contributed by atoms with Gasteiger partial charge in [-0.1, -0.05) is 31.6 Å². The highest BCUT2D eigenvalue weighted by molar-refractivity contribution is 7.15. The van der Waals surface area contributed by atoms with Gasteiger partial charge in [-0.15, -0.1) is 11.3 Å². The van der Waals surface area contributed by atoms with Gasteiger partial charge in [-0.2, -0.15) is 0 Å². The van der Waals surface area contributed by atoms with Gasteiger partial charge in [0.05, 0.1) is 39.1 Å². The number of anilines is 1. The third-order valence-corrected chi connectivity index (χ3v) is 8.11. The fourth-order valence-corrected chi connectivity index (χ4v) is 5.81. The number of amides is 1. The van der Waals surface area contributed by atoms with Gasteiger partial charge in [0.25, 0.3) is 5.91 Å². The van der Waals surface area contributed by atoms with Crippen molar-refractivity contribution in [3.63, 3.8) is 0 Å². The Hall–Kier alpha value is -3.47. The minimum atomic E-state index is -1.07. The SMILES string of the molecule is CC=C(C=C(CC)CC)c1ccc(C(=O)Nc2nc3cc4[nH]c(=O)n(CC(C)(C)O)c4cc3n2CCCOCC)s1. The summed E-state index contributed by atoms with van der Waals surface area (Å²) in [7, 11) is 0. The van der Waals surface area contributed by atoms with Crippen LogP contribution < -0.4 is 11.0 Å². The first-order chi connectivity index (χ1) is 19.6. The van der Waals surface area contributed by atoms with E-state index in [2.05, 4.69) is 36.3 Å². The lowest BCUT2D eigenvalue weighted by molar-refractivity contribution is 0.0617. The highest BCUT2D eigenvalue weighted by Crippen LogP contribution is 2.29. The van der Waals surface area contributed by atoms with E-state index < -0.39 is 5.60 Å². The number of carbonyl (C=O) groups is 1. The molecule has 0 unspecified atom stereocenters. The van der Waals surface area contributed by atoms with E-state index in [4.69, 9.17) is 9.72 Å². The smallest absolute Gasteiger partial charge is 0.326 e. The number of nitrogens with zero attached hydrogens (tertiary/aromatic N) is 3. The van der Waals surface area contributed by atoms with Crippen molar-refractivity contribution in [1.29, 1.82) is 0 Å². The number of rotatable bonds is 13. The van der Waals surface area contributed by atoms with Gasteiger partial charge in [0.15, 0.2) is 0 Å². The monoisotopic (exact) mass is 579 g/mol. The number of benzene rings is 1. The van der Waals surface area contributed by atoms with Crippen molar-refractivity contribution in [2.75, 3.05) is 18.5 Å². The summed E-state index contributed by atoms with van der Waals surface area (Å²) in [5.41, 5.74) is 3.85. The Morgan fingerprint density at radius 1 is 1.15 bits per heavy atom. The van der Waals surface area contributed by atoms with Crippen molar-refractivity contribution >= 4 is 50.8 Å². The van der Waals surface area contributed by atoms with E-state index in [0.29, 0.717) is 47.1 Å². The Balaban J connectivity index is 1.70. The number of carbonyl (C=O) groups excluding carboxylic acids is 1. The summed E-state index contributed by atoms with van der Waals surface area (Å²) < 4.78 is 9.05. The molecule has 4 aromatic rings. The molecular weight excluding hydrogens is 538 g/mol. The number of hydrogen-bond donors (Lipinski definition) is 3. The van der Waals surface area contributed by atoms with Crippen molar-refractivity contribution in [2.45, 2.75) is 79.5 Å². The molecule has 9 nitrogen and oxygen atoms in total. The van der Waals surface area contributed by atoms with Gasteiger partial charge in [0.2, 0.25) is 5.95 Å². The van der Waals surface area contributed by atoms with E-state index >= 15 is 0 Å². The molecule has 10 heteroatoms. The molecule has 0 bridgehead atoms. The number of nitrogens with one attached hydrogen (secondary N) is 2. The maximum absolute atomic E-state index is 13.4. The fourth-order valence-electron chi connectivity index (χ4n) is 4.86. The molecule has 0 aliphatic heterocycles. The van der Waals surface area contributed by atoms with Crippen LogP contribution in [0.5, 0.6) is 0 Å². The van der Waals surface area contributed by atoms with Crippen LogP contribution in [-0.4, -0.2) is 48.9 Å². The van der Waals surface area contributed by atoms with Crippen LogP contribution >= 0.6 is 11.3 Å². The van der Waals surface area contributed by atoms with Crippen molar-refractivity contribution < 1.29 is 14.6 Å². The number of aromatic nitrogens is 4. The molecule has 1 aromatic carbocycles. The van der Waals surface area contributed by atoms with E-state index in [1.165, 1.54) is 21.5 Å². The predicted molar refractivity (Wildman–Crippen MR) is 168 cm³/mol. The first kappa shape index (κ1) is 30.5. The molecule has 0 saturated heterocycles. The van der Waals surface area contributed by atoms with Crippen LogP contribution in [0.1, 0.15) is 75.4 Å². The summed E-state index contributed by atoms with van der Waals surface area (Å²) in [5, 5.41) is 13.4. The lowest BCUT2D eigenvalue weighted by Gasteiger charge is -2.17.